The van der Waals surface area contributed by atoms with Crippen molar-refractivity contribution >= 4 is 21.9 Å². The van der Waals surface area contributed by atoms with Crippen molar-refractivity contribution in [1.82, 2.24) is 13.5 Å². The normalized spacial score (nSPS) is 23.9. The third-order valence-corrected chi connectivity index (χ3v) is 8.59. The first-order valence-electron chi connectivity index (χ1n) is 11.4. The van der Waals surface area contributed by atoms with Gasteiger partial charge in [0.1, 0.15) is 0 Å². The van der Waals surface area contributed by atoms with Gasteiger partial charge in [-0.2, -0.15) is 17.0 Å². The fourth-order valence-corrected chi connectivity index (χ4v) is 6.29. The number of rotatable bonds is 3. The largest absolute Gasteiger partial charge is 0.448 e. The number of nitrogens with one attached hydrogen (secondary N) is 1. The molecule has 32 heavy (non-hydrogen) atoms. The van der Waals surface area contributed by atoms with Gasteiger partial charge in [-0.25, -0.2) is 4.79 Å². The Morgan fingerprint density at radius 3 is 2.25 bits per heavy atom. The molecule has 3 aliphatic heterocycles. The number of ether oxygens (including phenoxy) is 3. The lowest BCUT2D eigenvalue weighted by Crippen LogP contribution is -2.56. The van der Waals surface area contributed by atoms with Crippen LogP contribution in [0.5, 0.6) is 11.5 Å². The van der Waals surface area contributed by atoms with Gasteiger partial charge in [0.15, 0.2) is 11.5 Å². The fourth-order valence-electron chi connectivity index (χ4n) is 4.73. The maximum atomic E-state index is 12.8. The van der Waals surface area contributed by atoms with Crippen LogP contribution in [-0.2, 0) is 14.9 Å². The Balaban J connectivity index is 1.16. The smallest absolute Gasteiger partial charge is 0.321 e. The molecule has 3 fully saturated rings. The average Bonchev–Trinajstić information content (AvgIpc) is 3.16. The second kappa shape index (κ2) is 8.69. The molecule has 5 rings (SSSR count). The number of carbonyl (C=O) groups excluding carboxylic acids is 1. The van der Waals surface area contributed by atoms with Crippen LogP contribution in [0, 0.1) is 0 Å². The fraction of sp³-hybridized carbons (Fsp3) is 0.667. The zero-order chi connectivity index (χ0) is 22.2. The lowest BCUT2D eigenvalue weighted by atomic mass is 9.94. The summed E-state index contributed by atoms with van der Waals surface area (Å²) in [6.07, 6.45) is 5.13. The predicted molar refractivity (Wildman–Crippen MR) is 117 cm³/mol. The first-order chi connectivity index (χ1) is 15.5. The monoisotopic (exact) mass is 466 g/mol. The Hall–Kier alpha value is -2.08. The predicted octanol–water partition coefficient (Wildman–Crippen LogP) is 1.84. The third kappa shape index (κ3) is 4.26. The van der Waals surface area contributed by atoms with E-state index in [9.17, 15) is 13.2 Å². The summed E-state index contributed by atoms with van der Waals surface area (Å²) in [7, 11) is -3.52. The van der Waals surface area contributed by atoms with Crippen LogP contribution in [0.2, 0.25) is 0 Å². The number of benzene rings is 1. The third-order valence-electron chi connectivity index (χ3n) is 6.55. The molecule has 1 aromatic rings. The number of hydrogen-bond acceptors (Lipinski definition) is 6. The van der Waals surface area contributed by atoms with E-state index in [0.29, 0.717) is 56.6 Å². The van der Waals surface area contributed by atoms with Crippen LogP contribution in [0.1, 0.15) is 32.1 Å². The van der Waals surface area contributed by atoms with Gasteiger partial charge < -0.3 is 24.4 Å². The highest BCUT2D eigenvalue weighted by atomic mass is 32.2. The second-order valence-electron chi connectivity index (χ2n) is 8.67. The van der Waals surface area contributed by atoms with Gasteiger partial charge in [-0.1, -0.05) is 6.42 Å². The maximum absolute atomic E-state index is 12.8. The van der Waals surface area contributed by atoms with Gasteiger partial charge >= 0.3 is 6.03 Å². The van der Waals surface area contributed by atoms with E-state index < -0.39 is 16.0 Å². The zero-order valence-electron chi connectivity index (χ0n) is 18.1. The number of amides is 2. The van der Waals surface area contributed by atoms with Crippen LogP contribution in [0.15, 0.2) is 18.2 Å². The van der Waals surface area contributed by atoms with Gasteiger partial charge in [0.05, 0.1) is 13.2 Å². The van der Waals surface area contributed by atoms with E-state index in [1.807, 2.05) is 6.07 Å². The van der Waals surface area contributed by atoms with Crippen LogP contribution < -0.4 is 14.8 Å². The average molecular weight is 467 g/mol. The first kappa shape index (κ1) is 21.7. The van der Waals surface area contributed by atoms with Gasteiger partial charge in [0.2, 0.25) is 0 Å². The number of hydrogen-bond donors (Lipinski definition) is 1. The maximum Gasteiger partial charge on any atom is 0.321 e. The molecule has 0 unspecified atom stereocenters. The Morgan fingerprint density at radius 2 is 1.53 bits per heavy atom. The van der Waals surface area contributed by atoms with Crippen LogP contribution in [0.4, 0.5) is 10.5 Å². The van der Waals surface area contributed by atoms with E-state index in [2.05, 4.69) is 5.32 Å². The van der Waals surface area contributed by atoms with E-state index in [-0.39, 0.29) is 19.1 Å². The van der Waals surface area contributed by atoms with Crippen molar-refractivity contribution in [3.05, 3.63) is 18.2 Å². The van der Waals surface area contributed by atoms with E-state index in [1.165, 1.54) is 15.0 Å². The minimum atomic E-state index is -3.52. The first-order valence-corrected chi connectivity index (χ1v) is 12.8. The van der Waals surface area contributed by atoms with Gasteiger partial charge in [0, 0.05) is 63.9 Å². The Bertz CT molecular complexity index is 951. The van der Waals surface area contributed by atoms with Crippen molar-refractivity contribution < 1.29 is 27.4 Å². The van der Waals surface area contributed by atoms with Crippen molar-refractivity contribution in [2.45, 2.75) is 37.9 Å². The minimum absolute atomic E-state index is 0.250. The number of carbonyl (C=O) groups is 1. The summed E-state index contributed by atoms with van der Waals surface area (Å²) in [4.78, 5) is 14.4. The summed E-state index contributed by atoms with van der Waals surface area (Å²) in [5.41, 5.74) is 0.633. The van der Waals surface area contributed by atoms with Crippen molar-refractivity contribution in [2.75, 3.05) is 57.8 Å². The molecule has 0 bridgehead atoms. The molecule has 2 saturated heterocycles. The zero-order valence-corrected chi connectivity index (χ0v) is 18.9. The summed E-state index contributed by atoms with van der Waals surface area (Å²) in [5, 5.41) is 2.91. The quantitative estimate of drug-likeness (QED) is 0.730. The number of fused-ring (bicyclic) bond motifs is 1. The van der Waals surface area contributed by atoms with Crippen LogP contribution in [-0.4, -0.2) is 86.2 Å². The Morgan fingerprint density at radius 1 is 0.875 bits per heavy atom. The molecule has 1 aliphatic carbocycles. The van der Waals surface area contributed by atoms with Crippen molar-refractivity contribution in [1.29, 1.82) is 0 Å². The van der Waals surface area contributed by atoms with Gasteiger partial charge in [-0.05, 0) is 25.0 Å². The molecule has 10 nitrogen and oxygen atoms in total. The number of urea groups is 1. The van der Waals surface area contributed by atoms with Crippen LogP contribution >= 0.6 is 0 Å². The molecule has 1 saturated carbocycles. The number of nitrogens with zero attached hydrogens (tertiary/aromatic N) is 3. The highest BCUT2D eigenvalue weighted by molar-refractivity contribution is 7.86. The highest BCUT2D eigenvalue weighted by Gasteiger charge is 2.42. The van der Waals surface area contributed by atoms with E-state index >= 15 is 0 Å². The van der Waals surface area contributed by atoms with Crippen LogP contribution in [0.25, 0.3) is 0 Å². The molecule has 176 valence electrons. The van der Waals surface area contributed by atoms with Crippen molar-refractivity contribution in [3.63, 3.8) is 0 Å². The SMILES string of the molecule is O=C(Nc1ccc2c(c1)OC1(CCCCC1)O2)N1CCN(S(=O)(=O)N2CCOCC2)CC1. The summed E-state index contributed by atoms with van der Waals surface area (Å²) >= 11 is 0. The molecule has 2 amide bonds. The molecule has 1 spiro atoms. The van der Waals surface area contributed by atoms with Crippen LogP contribution in [0.3, 0.4) is 0 Å². The van der Waals surface area contributed by atoms with E-state index in [0.717, 1.165) is 25.7 Å². The molecule has 0 atom stereocenters. The van der Waals surface area contributed by atoms with E-state index in [1.54, 1.807) is 17.0 Å². The molecule has 1 N–H and O–H groups in total. The number of piperazine rings is 1. The molecule has 0 aromatic heterocycles. The van der Waals surface area contributed by atoms with Gasteiger partial charge in [-0.3, -0.25) is 0 Å². The molecule has 1 aromatic carbocycles. The molecular weight excluding hydrogens is 436 g/mol. The standard InChI is InChI=1S/C21H30N4O6S/c26-20(23-8-10-24(11-9-23)32(27,28)25-12-14-29-15-13-25)22-17-4-5-18-19(16-17)31-21(30-18)6-2-1-3-7-21/h4-5,16H,1-3,6-15H2,(H,22,26). The number of anilines is 1. The lowest BCUT2D eigenvalue weighted by molar-refractivity contribution is -0.105. The summed E-state index contributed by atoms with van der Waals surface area (Å²) in [6.45, 7) is 2.79. The number of morpholine rings is 1. The van der Waals surface area contributed by atoms with Gasteiger partial charge in [0.25, 0.3) is 16.0 Å². The molecular formula is C21H30N4O6S. The van der Waals surface area contributed by atoms with Crippen molar-refractivity contribution in [2.24, 2.45) is 0 Å². The summed E-state index contributed by atoms with van der Waals surface area (Å²) < 4.78 is 46.0. The Labute approximate surface area is 188 Å². The van der Waals surface area contributed by atoms with E-state index in [4.69, 9.17) is 14.2 Å². The lowest BCUT2D eigenvalue weighted by Gasteiger charge is -2.37. The molecule has 0 radical (unpaired) electrons. The topological polar surface area (TPSA) is 101 Å². The molecule has 3 heterocycles. The van der Waals surface area contributed by atoms with Crippen molar-refractivity contribution in [3.8, 4) is 11.5 Å². The minimum Gasteiger partial charge on any atom is -0.448 e. The highest BCUT2D eigenvalue weighted by Crippen LogP contribution is 2.46. The molecule has 11 heteroatoms. The Kier molecular flexibility index (Phi) is 5.91. The molecule has 4 aliphatic rings. The summed E-state index contributed by atoms with van der Waals surface area (Å²) in [5.74, 6) is 0.823. The van der Waals surface area contributed by atoms with Gasteiger partial charge in [-0.15, -0.1) is 0 Å². The summed E-state index contributed by atoms with van der Waals surface area (Å²) in [6, 6.07) is 5.19. The second-order valence-corrected chi connectivity index (χ2v) is 10.6.